The van der Waals surface area contributed by atoms with Crippen LogP contribution in [0.4, 0.5) is 0 Å². The minimum Gasteiger partial charge on any atom is -0.342 e. The van der Waals surface area contributed by atoms with E-state index in [1.165, 1.54) is 10.5 Å². The lowest BCUT2D eigenvalue weighted by molar-refractivity contribution is -0.129. The number of benzene rings is 1. The van der Waals surface area contributed by atoms with Gasteiger partial charge in [-0.05, 0) is 38.9 Å². The highest BCUT2D eigenvalue weighted by atomic mass is 35.5. The number of aryl methyl sites for hydroxylation is 1. The highest BCUT2D eigenvalue weighted by Crippen LogP contribution is 2.19. The molecule has 0 saturated carbocycles. The van der Waals surface area contributed by atoms with Crippen molar-refractivity contribution in [2.45, 2.75) is 30.7 Å². The fraction of sp³-hybridized carbons (Fsp3) is 0.533. The van der Waals surface area contributed by atoms with E-state index in [9.17, 15) is 4.79 Å². The maximum absolute atomic E-state index is 12.1. The first-order chi connectivity index (χ1) is 9.19. The van der Waals surface area contributed by atoms with Crippen molar-refractivity contribution >= 4 is 30.1 Å². The van der Waals surface area contributed by atoms with E-state index in [1.807, 2.05) is 11.9 Å². The van der Waals surface area contributed by atoms with Crippen molar-refractivity contribution in [2.75, 3.05) is 25.9 Å². The van der Waals surface area contributed by atoms with E-state index >= 15 is 0 Å². The van der Waals surface area contributed by atoms with Gasteiger partial charge in [-0.15, -0.1) is 24.2 Å². The van der Waals surface area contributed by atoms with Crippen molar-refractivity contribution in [1.29, 1.82) is 0 Å². The zero-order valence-corrected chi connectivity index (χ0v) is 13.7. The zero-order chi connectivity index (χ0) is 13.7. The van der Waals surface area contributed by atoms with Crippen LogP contribution in [0.15, 0.2) is 29.2 Å². The minimum atomic E-state index is 0. The number of hydrogen-bond donors (Lipinski definition) is 1. The Morgan fingerprint density at radius 3 is 2.45 bits per heavy atom. The SMILES string of the molecule is CNC1CCN(C(=O)CSc2ccc(C)cc2)CC1.Cl. The third-order valence-corrected chi connectivity index (χ3v) is 4.64. The van der Waals surface area contributed by atoms with Gasteiger partial charge < -0.3 is 10.2 Å². The Hall–Kier alpha value is -0.710. The lowest BCUT2D eigenvalue weighted by atomic mass is 10.1. The van der Waals surface area contributed by atoms with Crippen molar-refractivity contribution in [3.63, 3.8) is 0 Å². The van der Waals surface area contributed by atoms with Gasteiger partial charge in [0.1, 0.15) is 0 Å². The number of rotatable bonds is 4. The molecule has 1 aliphatic heterocycles. The number of nitrogens with one attached hydrogen (secondary N) is 1. The quantitative estimate of drug-likeness (QED) is 0.867. The average molecular weight is 315 g/mol. The molecule has 112 valence electrons. The fourth-order valence-corrected chi connectivity index (χ4v) is 3.09. The van der Waals surface area contributed by atoms with Gasteiger partial charge in [0.2, 0.25) is 5.91 Å². The van der Waals surface area contributed by atoms with E-state index < -0.39 is 0 Å². The molecule has 1 aliphatic rings. The molecule has 1 aromatic carbocycles. The summed E-state index contributed by atoms with van der Waals surface area (Å²) in [6.07, 6.45) is 2.13. The molecule has 0 radical (unpaired) electrons. The van der Waals surface area contributed by atoms with Gasteiger partial charge in [0.25, 0.3) is 0 Å². The number of carbonyl (C=O) groups is 1. The lowest BCUT2D eigenvalue weighted by Crippen LogP contribution is -2.44. The van der Waals surface area contributed by atoms with Crippen LogP contribution in [0, 0.1) is 6.92 Å². The molecule has 0 aromatic heterocycles. The summed E-state index contributed by atoms with van der Waals surface area (Å²) >= 11 is 1.63. The molecule has 1 heterocycles. The summed E-state index contributed by atoms with van der Waals surface area (Å²) in [5, 5.41) is 3.28. The van der Waals surface area contributed by atoms with Gasteiger partial charge in [-0.25, -0.2) is 0 Å². The molecule has 1 saturated heterocycles. The Bertz CT molecular complexity index is 416. The van der Waals surface area contributed by atoms with E-state index in [0.717, 1.165) is 25.9 Å². The Kier molecular flexibility index (Phi) is 7.41. The van der Waals surface area contributed by atoms with Crippen LogP contribution in [0.2, 0.25) is 0 Å². The van der Waals surface area contributed by atoms with Crippen LogP contribution in [-0.2, 0) is 4.79 Å². The molecule has 0 unspecified atom stereocenters. The summed E-state index contributed by atoms with van der Waals surface area (Å²) in [7, 11) is 2.00. The monoisotopic (exact) mass is 314 g/mol. The highest BCUT2D eigenvalue weighted by molar-refractivity contribution is 8.00. The second kappa shape index (κ2) is 8.55. The summed E-state index contributed by atoms with van der Waals surface area (Å²) < 4.78 is 0. The number of halogens is 1. The second-order valence-electron chi connectivity index (χ2n) is 5.05. The first-order valence-electron chi connectivity index (χ1n) is 6.83. The standard InChI is InChI=1S/C15H22N2OS.ClH/c1-12-3-5-14(6-4-12)19-11-15(18)17-9-7-13(16-2)8-10-17;/h3-6,13,16H,7-11H2,1-2H3;1H. The van der Waals surface area contributed by atoms with Gasteiger partial charge in [0.15, 0.2) is 0 Å². The summed E-state index contributed by atoms with van der Waals surface area (Å²) in [6, 6.07) is 8.92. The third kappa shape index (κ3) is 5.00. The third-order valence-electron chi connectivity index (χ3n) is 3.64. The maximum atomic E-state index is 12.1. The van der Waals surface area contributed by atoms with E-state index in [2.05, 4.69) is 36.5 Å². The highest BCUT2D eigenvalue weighted by Gasteiger charge is 2.21. The second-order valence-corrected chi connectivity index (χ2v) is 6.09. The van der Waals surface area contributed by atoms with Crippen LogP contribution in [0.5, 0.6) is 0 Å². The minimum absolute atomic E-state index is 0. The molecule has 0 bridgehead atoms. The van der Waals surface area contributed by atoms with Crippen molar-refractivity contribution in [2.24, 2.45) is 0 Å². The van der Waals surface area contributed by atoms with Crippen LogP contribution >= 0.6 is 24.2 Å². The molecule has 20 heavy (non-hydrogen) atoms. The van der Waals surface area contributed by atoms with Gasteiger partial charge >= 0.3 is 0 Å². The van der Waals surface area contributed by atoms with Crippen LogP contribution in [0.3, 0.4) is 0 Å². The number of carbonyl (C=O) groups excluding carboxylic acids is 1. The molecule has 0 atom stereocenters. The summed E-state index contributed by atoms with van der Waals surface area (Å²) in [5.74, 6) is 0.813. The van der Waals surface area contributed by atoms with Crippen molar-refractivity contribution < 1.29 is 4.79 Å². The number of piperidine rings is 1. The molecule has 3 nitrogen and oxygen atoms in total. The smallest absolute Gasteiger partial charge is 0.232 e. The van der Waals surface area contributed by atoms with Gasteiger partial charge in [-0.3, -0.25) is 4.79 Å². The molecular formula is C15H23ClN2OS. The molecule has 1 N–H and O–H groups in total. The predicted octanol–water partition coefficient (Wildman–Crippen LogP) is 2.72. The Morgan fingerprint density at radius 1 is 1.30 bits per heavy atom. The zero-order valence-electron chi connectivity index (χ0n) is 12.1. The summed E-state index contributed by atoms with van der Waals surface area (Å²) in [5.41, 5.74) is 1.25. The van der Waals surface area contributed by atoms with Gasteiger partial charge in [-0.2, -0.15) is 0 Å². The van der Waals surface area contributed by atoms with E-state index in [-0.39, 0.29) is 18.3 Å². The summed E-state index contributed by atoms with van der Waals surface area (Å²) in [6.45, 7) is 3.85. The first kappa shape index (κ1) is 17.3. The number of amides is 1. The Balaban J connectivity index is 0.00000200. The maximum Gasteiger partial charge on any atom is 0.232 e. The van der Waals surface area contributed by atoms with Crippen molar-refractivity contribution in [1.82, 2.24) is 10.2 Å². The molecule has 0 aliphatic carbocycles. The Morgan fingerprint density at radius 2 is 1.90 bits per heavy atom. The number of nitrogens with zero attached hydrogens (tertiary/aromatic N) is 1. The van der Waals surface area contributed by atoms with Crippen LogP contribution in [-0.4, -0.2) is 42.7 Å². The normalized spacial score (nSPS) is 15.8. The average Bonchev–Trinajstić information content (AvgIpc) is 2.46. The molecular weight excluding hydrogens is 292 g/mol. The first-order valence-corrected chi connectivity index (χ1v) is 7.82. The van der Waals surface area contributed by atoms with E-state index in [4.69, 9.17) is 0 Å². The lowest BCUT2D eigenvalue weighted by Gasteiger charge is -2.31. The molecule has 1 amide bonds. The molecule has 2 rings (SSSR count). The number of likely N-dealkylation sites (tertiary alicyclic amines) is 1. The molecule has 1 fully saturated rings. The van der Waals surface area contributed by atoms with E-state index in [1.54, 1.807) is 11.8 Å². The van der Waals surface area contributed by atoms with Gasteiger partial charge in [-0.1, -0.05) is 17.7 Å². The van der Waals surface area contributed by atoms with Crippen LogP contribution in [0.1, 0.15) is 18.4 Å². The predicted molar refractivity (Wildman–Crippen MR) is 87.8 cm³/mol. The van der Waals surface area contributed by atoms with Gasteiger partial charge in [0, 0.05) is 24.0 Å². The van der Waals surface area contributed by atoms with Crippen LogP contribution < -0.4 is 5.32 Å². The topological polar surface area (TPSA) is 32.3 Å². The van der Waals surface area contributed by atoms with Crippen LogP contribution in [0.25, 0.3) is 0 Å². The number of hydrogen-bond acceptors (Lipinski definition) is 3. The molecule has 5 heteroatoms. The van der Waals surface area contributed by atoms with Gasteiger partial charge in [0.05, 0.1) is 5.75 Å². The largest absolute Gasteiger partial charge is 0.342 e. The Labute approximate surface area is 131 Å². The summed E-state index contributed by atoms with van der Waals surface area (Å²) in [4.78, 5) is 15.3. The molecule has 0 spiro atoms. The van der Waals surface area contributed by atoms with Crippen molar-refractivity contribution in [3.05, 3.63) is 29.8 Å². The van der Waals surface area contributed by atoms with Crippen molar-refractivity contribution in [3.8, 4) is 0 Å². The fourth-order valence-electron chi connectivity index (χ4n) is 2.29. The molecule has 1 aromatic rings. The number of thioether (sulfide) groups is 1. The van der Waals surface area contributed by atoms with E-state index in [0.29, 0.717) is 11.8 Å².